The number of urea groups is 1. The van der Waals surface area contributed by atoms with Gasteiger partial charge in [-0.05, 0) is 6.42 Å². The minimum absolute atomic E-state index is 0.0451. The second kappa shape index (κ2) is 6.29. The zero-order valence-electron chi connectivity index (χ0n) is 10.8. The molecule has 0 aromatic carbocycles. The third-order valence-electron chi connectivity index (χ3n) is 3.37. The van der Waals surface area contributed by atoms with Gasteiger partial charge in [0.25, 0.3) is 0 Å². The van der Waals surface area contributed by atoms with Gasteiger partial charge < -0.3 is 15.3 Å². The van der Waals surface area contributed by atoms with E-state index >= 15 is 0 Å². The van der Waals surface area contributed by atoms with Gasteiger partial charge in [0.2, 0.25) is 0 Å². The molecule has 18 heavy (non-hydrogen) atoms. The summed E-state index contributed by atoms with van der Waals surface area (Å²) in [5, 5.41) is 11.6. The maximum absolute atomic E-state index is 11.8. The van der Waals surface area contributed by atoms with Gasteiger partial charge in [0.05, 0.1) is 12.0 Å². The molecule has 0 bridgehead atoms. The lowest BCUT2D eigenvalue weighted by molar-refractivity contribution is -0.144. The summed E-state index contributed by atoms with van der Waals surface area (Å²) in [5.41, 5.74) is 0. The lowest BCUT2D eigenvalue weighted by Gasteiger charge is -2.41. The molecule has 1 fully saturated rings. The number of carboxylic acids is 1. The first-order chi connectivity index (χ1) is 8.49. The number of carbonyl (C=O) groups is 2. The Bertz CT molecular complexity index is 356. The standard InChI is InChI=1S/C13H20N2O3/c1-4-6-11(5-2)14-13(18)15-7-10(8-15)9(3)12(16)17/h2,9-11H,4,6-8H2,1,3H3,(H,14,18)(H,16,17). The molecule has 0 spiro atoms. The van der Waals surface area contributed by atoms with Crippen molar-refractivity contribution in [2.24, 2.45) is 11.8 Å². The summed E-state index contributed by atoms with van der Waals surface area (Å²) in [6, 6.07) is -0.432. The van der Waals surface area contributed by atoms with E-state index in [0.29, 0.717) is 13.1 Å². The number of likely N-dealkylation sites (tertiary alicyclic amines) is 1. The fraction of sp³-hybridized carbons (Fsp3) is 0.692. The van der Waals surface area contributed by atoms with Crippen molar-refractivity contribution in [3.63, 3.8) is 0 Å². The molecule has 0 aromatic heterocycles. The van der Waals surface area contributed by atoms with Crippen LogP contribution in [-0.4, -0.2) is 41.1 Å². The Labute approximate surface area is 108 Å². The van der Waals surface area contributed by atoms with E-state index in [1.54, 1.807) is 11.8 Å². The molecule has 0 saturated carbocycles. The Morgan fingerprint density at radius 2 is 2.17 bits per heavy atom. The molecule has 1 saturated heterocycles. The molecule has 5 heteroatoms. The predicted molar refractivity (Wildman–Crippen MR) is 67.9 cm³/mol. The Kier molecular flexibility index (Phi) is 5.02. The molecular formula is C13H20N2O3. The van der Waals surface area contributed by atoms with Gasteiger partial charge in [0, 0.05) is 19.0 Å². The Hall–Kier alpha value is -1.70. The maximum Gasteiger partial charge on any atom is 0.318 e. The predicted octanol–water partition coefficient (Wildman–Crippen LogP) is 1.15. The molecule has 0 aromatic rings. The van der Waals surface area contributed by atoms with Crippen LogP contribution in [0.3, 0.4) is 0 Å². The Morgan fingerprint density at radius 1 is 1.56 bits per heavy atom. The summed E-state index contributed by atoms with van der Waals surface area (Å²) in [6.45, 7) is 4.65. The lowest BCUT2D eigenvalue weighted by Crippen LogP contribution is -2.57. The van der Waals surface area contributed by atoms with E-state index < -0.39 is 11.9 Å². The second-order valence-corrected chi connectivity index (χ2v) is 4.75. The van der Waals surface area contributed by atoms with Crippen LogP contribution in [0.1, 0.15) is 26.7 Å². The summed E-state index contributed by atoms with van der Waals surface area (Å²) < 4.78 is 0. The van der Waals surface area contributed by atoms with Crippen LogP contribution in [0.4, 0.5) is 4.79 Å². The van der Waals surface area contributed by atoms with Crippen molar-refractivity contribution in [3.05, 3.63) is 0 Å². The van der Waals surface area contributed by atoms with Crippen molar-refractivity contribution in [2.75, 3.05) is 13.1 Å². The largest absolute Gasteiger partial charge is 0.481 e. The fourth-order valence-electron chi connectivity index (χ4n) is 1.92. The summed E-state index contributed by atoms with van der Waals surface area (Å²) in [5.74, 6) is 1.36. The van der Waals surface area contributed by atoms with Crippen LogP contribution in [0, 0.1) is 24.2 Å². The summed E-state index contributed by atoms with van der Waals surface area (Å²) in [7, 11) is 0. The molecule has 2 amide bonds. The zero-order valence-corrected chi connectivity index (χ0v) is 10.8. The molecule has 1 heterocycles. The first-order valence-corrected chi connectivity index (χ1v) is 6.24. The topological polar surface area (TPSA) is 69.6 Å². The van der Waals surface area contributed by atoms with Crippen LogP contribution in [0.2, 0.25) is 0 Å². The molecule has 0 radical (unpaired) electrons. The van der Waals surface area contributed by atoms with Crippen molar-refractivity contribution in [2.45, 2.75) is 32.7 Å². The normalized spacial score (nSPS) is 18.4. The van der Waals surface area contributed by atoms with Crippen molar-refractivity contribution in [1.29, 1.82) is 0 Å². The van der Waals surface area contributed by atoms with E-state index in [2.05, 4.69) is 11.2 Å². The van der Waals surface area contributed by atoms with Gasteiger partial charge in [0.1, 0.15) is 0 Å². The highest BCUT2D eigenvalue weighted by Gasteiger charge is 2.37. The number of carboxylic acid groups (broad SMARTS) is 1. The van der Waals surface area contributed by atoms with Crippen LogP contribution < -0.4 is 5.32 Å². The second-order valence-electron chi connectivity index (χ2n) is 4.75. The molecule has 1 aliphatic heterocycles. The first-order valence-electron chi connectivity index (χ1n) is 6.24. The molecule has 1 rings (SSSR count). The fourth-order valence-corrected chi connectivity index (χ4v) is 1.92. The van der Waals surface area contributed by atoms with E-state index in [4.69, 9.17) is 11.5 Å². The van der Waals surface area contributed by atoms with Crippen molar-refractivity contribution >= 4 is 12.0 Å². The molecule has 0 aliphatic carbocycles. The number of aliphatic carboxylic acids is 1. The van der Waals surface area contributed by atoms with Gasteiger partial charge in [-0.25, -0.2) is 4.79 Å². The highest BCUT2D eigenvalue weighted by Crippen LogP contribution is 2.23. The average molecular weight is 252 g/mol. The van der Waals surface area contributed by atoms with Crippen molar-refractivity contribution < 1.29 is 14.7 Å². The van der Waals surface area contributed by atoms with Gasteiger partial charge in [-0.3, -0.25) is 4.79 Å². The van der Waals surface area contributed by atoms with Gasteiger partial charge >= 0.3 is 12.0 Å². The van der Waals surface area contributed by atoms with Gasteiger partial charge in [-0.15, -0.1) is 6.42 Å². The maximum atomic E-state index is 11.8. The van der Waals surface area contributed by atoms with Gasteiger partial charge in [-0.1, -0.05) is 26.2 Å². The summed E-state index contributed by atoms with van der Waals surface area (Å²) >= 11 is 0. The number of amides is 2. The SMILES string of the molecule is C#CC(CCC)NC(=O)N1CC(C(C)C(=O)O)C1. The molecule has 2 atom stereocenters. The molecule has 5 nitrogen and oxygen atoms in total. The molecule has 2 unspecified atom stereocenters. The smallest absolute Gasteiger partial charge is 0.318 e. The average Bonchev–Trinajstić information content (AvgIpc) is 2.26. The Morgan fingerprint density at radius 3 is 2.61 bits per heavy atom. The van der Waals surface area contributed by atoms with Crippen LogP contribution in [0.25, 0.3) is 0 Å². The first kappa shape index (κ1) is 14.4. The van der Waals surface area contributed by atoms with Crippen molar-refractivity contribution in [3.8, 4) is 12.3 Å². The van der Waals surface area contributed by atoms with Gasteiger partial charge in [0.15, 0.2) is 0 Å². The van der Waals surface area contributed by atoms with Crippen LogP contribution in [0.5, 0.6) is 0 Å². The number of rotatable bonds is 5. The van der Waals surface area contributed by atoms with E-state index in [9.17, 15) is 9.59 Å². The molecular weight excluding hydrogens is 232 g/mol. The van der Waals surface area contributed by atoms with E-state index in [0.717, 1.165) is 12.8 Å². The van der Waals surface area contributed by atoms with E-state index in [-0.39, 0.29) is 18.0 Å². The minimum Gasteiger partial charge on any atom is -0.481 e. The number of hydrogen-bond donors (Lipinski definition) is 2. The zero-order chi connectivity index (χ0) is 13.7. The minimum atomic E-state index is -0.812. The molecule has 2 N–H and O–H groups in total. The molecule has 100 valence electrons. The molecule has 1 aliphatic rings. The van der Waals surface area contributed by atoms with Crippen LogP contribution in [0.15, 0.2) is 0 Å². The number of nitrogens with one attached hydrogen (secondary N) is 1. The van der Waals surface area contributed by atoms with E-state index in [1.807, 2.05) is 6.92 Å². The number of hydrogen-bond acceptors (Lipinski definition) is 2. The summed E-state index contributed by atoms with van der Waals surface area (Å²) in [6.07, 6.45) is 6.99. The highest BCUT2D eigenvalue weighted by molar-refractivity contribution is 5.76. The van der Waals surface area contributed by atoms with Gasteiger partial charge in [-0.2, -0.15) is 0 Å². The third kappa shape index (κ3) is 3.39. The number of terminal acetylenes is 1. The Balaban J connectivity index is 2.35. The number of carbonyl (C=O) groups excluding carboxylic acids is 1. The number of nitrogens with zero attached hydrogens (tertiary/aromatic N) is 1. The monoisotopic (exact) mass is 252 g/mol. The van der Waals surface area contributed by atoms with Crippen LogP contribution >= 0.6 is 0 Å². The summed E-state index contributed by atoms with van der Waals surface area (Å²) in [4.78, 5) is 24.2. The third-order valence-corrected chi connectivity index (χ3v) is 3.37. The van der Waals surface area contributed by atoms with Crippen LogP contribution in [-0.2, 0) is 4.79 Å². The van der Waals surface area contributed by atoms with E-state index in [1.165, 1.54) is 0 Å². The highest BCUT2D eigenvalue weighted by atomic mass is 16.4. The van der Waals surface area contributed by atoms with Crippen molar-refractivity contribution in [1.82, 2.24) is 10.2 Å². The quantitative estimate of drug-likeness (QED) is 0.721. The lowest BCUT2D eigenvalue weighted by atomic mass is 9.87.